The van der Waals surface area contributed by atoms with Gasteiger partial charge in [-0.1, -0.05) is 0 Å². The summed E-state index contributed by atoms with van der Waals surface area (Å²) in [7, 11) is 1.42. The number of halogens is 1. The van der Waals surface area contributed by atoms with Gasteiger partial charge in [-0.25, -0.2) is 0 Å². The van der Waals surface area contributed by atoms with Crippen molar-refractivity contribution in [1.82, 2.24) is 0 Å². The van der Waals surface area contributed by atoms with E-state index in [0.717, 1.165) is 0 Å². The first-order valence-electron chi connectivity index (χ1n) is 7.71. The van der Waals surface area contributed by atoms with Crippen LogP contribution in [0.15, 0.2) is 46.4 Å². The summed E-state index contributed by atoms with van der Waals surface area (Å²) in [5.41, 5.74) is 0.993. The Morgan fingerprint density at radius 1 is 1.35 bits per heavy atom. The highest BCUT2D eigenvalue weighted by atomic mass is 79.9. The molecule has 2 rings (SSSR count). The Morgan fingerprint density at radius 3 is 2.62 bits per heavy atom. The SMILES string of the molecule is CCOc1ccc(NC(=O)C(C#N)=Cc2cc(Br)c(O)c(OC)c2)cc1. The van der Waals surface area contributed by atoms with Crippen LogP contribution in [0.2, 0.25) is 0 Å². The molecule has 0 aromatic heterocycles. The third-order valence-corrected chi connectivity index (χ3v) is 3.97. The molecule has 0 atom stereocenters. The van der Waals surface area contributed by atoms with Crippen LogP contribution in [0, 0.1) is 11.3 Å². The maximum Gasteiger partial charge on any atom is 0.266 e. The number of amides is 1. The summed E-state index contributed by atoms with van der Waals surface area (Å²) in [6.07, 6.45) is 1.41. The van der Waals surface area contributed by atoms with Crippen molar-refractivity contribution < 1.29 is 19.4 Å². The van der Waals surface area contributed by atoms with Crippen LogP contribution in [-0.4, -0.2) is 24.7 Å². The van der Waals surface area contributed by atoms with Crippen LogP contribution in [0.25, 0.3) is 6.08 Å². The number of hydrogen-bond donors (Lipinski definition) is 2. The van der Waals surface area contributed by atoms with Crippen molar-refractivity contribution in [3.63, 3.8) is 0 Å². The molecule has 2 N–H and O–H groups in total. The summed E-state index contributed by atoms with van der Waals surface area (Å²) < 4.78 is 10.8. The molecule has 2 aromatic carbocycles. The Labute approximate surface area is 159 Å². The van der Waals surface area contributed by atoms with Crippen LogP contribution >= 0.6 is 15.9 Å². The van der Waals surface area contributed by atoms with Crippen molar-refractivity contribution in [2.24, 2.45) is 0 Å². The van der Waals surface area contributed by atoms with E-state index < -0.39 is 5.91 Å². The number of rotatable bonds is 6. The number of methoxy groups -OCH3 is 1. The molecule has 0 aliphatic heterocycles. The summed E-state index contributed by atoms with van der Waals surface area (Å²) in [6, 6.07) is 11.8. The van der Waals surface area contributed by atoms with Crippen LogP contribution < -0.4 is 14.8 Å². The number of hydrogen-bond acceptors (Lipinski definition) is 5. The predicted molar refractivity (Wildman–Crippen MR) is 102 cm³/mol. The van der Waals surface area contributed by atoms with Gasteiger partial charge < -0.3 is 19.9 Å². The van der Waals surface area contributed by atoms with Crippen LogP contribution in [0.5, 0.6) is 17.2 Å². The van der Waals surface area contributed by atoms with E-state index in [9.17, 15) is 15.2 Å². The lowest BCUT2D eigenvalue weighted by molar-refractivity contribution is -0.112. The summed E-state index contributed by atoms with van der Waals surface area (Å²) in [5, 5.41) is 21.8. The fourth-order valence-corrected chi connectivity index (χ4v) is 2.61. The quantitative estimate of drug-likeness (QED) is 0.545. The fraction of sp³-hybridized carbons (Fsp3) is 0.158. The van der Waals surface area contributed by atoms with Gasteiger partial charge in [0.15, 0.2) is 11.5 Å². The highest BCUT2D eigenvalue weighted by molar-refractivity contribution is 9.10. The van der Waals surface area contributed by atoms with E-state index in [0.29, 0.717) is 28.1 Å². The lowest BCUT2D eigenvalue weighted by atomic mass is 10.1. The normalized spacial score (nSPS) is 10.8. The standard InChI is InChI=1S/C19H17BrN2O4/c1-3-26-15-6-4-14(5-7-15)22-19(24)13(11-21)8-12-9-16(20)18(23)17(10-12)25-2/h4-10,23H,3H2,1-2H3,(H,22,24). The first kappa shape index (κ1) is 19.3. The molecule has 0 aliphatic rings. The zero-order chi connectivity index (χ0) is 19.1. The second-order valence-electron chi connectivity index (χ2n) is 5.13. The molecule has 7 heteroatoms. The molecular weight excluding hydrogens is 400 g/mol. The van der Waals surface area contributed by atoms with Crippen molar-refractivity contribution in [1.29, 1.82) is 5.26 Å². The Hall–Kier alpha value is -2.98. The van der Waals surface area contributed by atoms with E-state index in [1.807, 2.05) is 13.0 Å². The first-order valence-corrected chi connectivity index (χ1v) is 8.50. The molecule has 26 heavy (non-hydrogen) atoms. The van der Waals surface area contributed by atoms with Crippen molar-refractivity contribution in [2.75, 3.05) is 19.0 Å². The summed E-state index contributed by atoms with van der Waals surface area (Å²) in [5.74, 6) is 0.333. The fourth-order valence-electron chi connectivity index (χ4n) is 2.15. The van der Waals surface area contributed by atoms with E-state index in [2.05, 4.69) is 21.2 Å². The molecule has 0 spiro atoms. The number of nitrogens with zero attached hydrogens (tertiary/aromatic N) is 1. The molecular formula is C19H17BrN2O4. The highest BCUT2D eigenvalue weighted by Crippen LogP contribution is 2.35. The van der Waals surface area contributed by atoms with Crippen LogP contribution in [0.3, 0.4) is 0 Å². The minimum atomic E-state index is -0.542. The molecule has 0 aliphatic carbocycles. The number of aromatic hydroxyl groups is 1. The molecule has 2 aromatic rings. The minimum Gasteiger partial charge on any atom is -0.503 e. The van der Waals surface area contributed by atoms with Gasteiger partial charge in [0, 0.05) is 5.69 Å². The predicted octanol–water partition coefficient (Wildman–Crippen LogP) is 4.11. The lowest BCUT2D eigenvalue weighted by Crippen LogP contribution is -2.13. The Kier molecular flexibility index (Phi) is 6.64. The lowest BCUT2D eigenvalue weighted by Gasteiger charge is -2.08. The number of anilines is 1. The van der Waals surface area contributed by atoms with Crippen molar-refractivity contribution >= 4 is 33.6 Å². The van der Waals surface area contributed by atoms with Crippen molar-refractivity contribution in [2.45, 2.75) is 6.92 Å². The van der Waals surface area contributed by atoms with E-state index >= 15 is 0 Å². The zero-order valence-electron chi connectivity index (χ0n) is 14.2. The van der Waals surface area contributed by atoms with Crippen molar-refractivity contribution in [3.05, 3.63) is 52.0 Å². The molecule has 0 fully saturated rings. The maximum atomic E-state index is 12.3. The minimum absolute atomic E-state index is 0.0537. The van der Waals surface area contributed by atoms with E-state index in [4.69, 9.17) is 9.47 Å². The van der Waals surface area contributed by atoms with Crippen LogP contribution in [-0.2, 0) is 4.79 Å². The molecule has 134 valence electrons. The number of benzene rings is 2. The molecule has 6 nitrogen and oxygen atoms in total. The topological polar surface area (TPSA) is 91.6 Å². The van der Waals surface area contributed by atoms with Crippen LogP contribution in [0.4, 0.5) is 5.69 Å². The third kappa shape index (κ3) is 4.77. The first-order chi connectivity index (χ1) is 12.5. The largest absolute Gasteiger partial charge is 0.503 e. The van der Waals surface area contributed by atoms with Gasteiger partial charge in [0.25, 0.3) is 5.91 Å². The van der Waals surface area contributed by atoms with E-state index in [1.54, 1.807) is 30.3 Å². The number of phenolic OH excluding ortho intramolecular Hbond substituents is 1. The number of carbonyl (C=O) groups excluding carboxylic acids is 1. The van der Waals surface area contributed by atoms with Gasteiger partial charge >= 0.3 is 0 Å². The van der Waals surface area contributed by atoms with Gasteiger partial charge in [0.05, 0.1) is 18.2 Å². The van der Waals surface area contributed by atoms with Gasteiger partial charge in [-0.2, -0.15) is 5.26 Å². The smallest absolute Gasteiger partial charge is 0.266 e. The van der Waals surface area contributed by atoms with Crippen LogP contribution in [0.1, 0.15) is 12.5 Å². The Bertz CT molecular complexity index is 870. The van der Waals surface area contributed by atoms with E-state index in [-0.39, 0.29) is 17.1 Å². The number of nitrogens with one attached hydrogen (secondary N) is 1. The average molecular weight is 417 g/mol. The summed E-state index contributed by atoms with van der Waals surface area (Å²) >= 11 is 3.21. The molecule has 0 saturated heterocycles. The number of phenols is 1. The summed E-state index contributed by atoms with van der Waals surface area (Å²) in [6.45, 7) is 2.44. The van der Waals surface area contributed by atoms with Gasteiger partial charge in [0.1, 0.15) is 17.4 Å². The maximum absolute atomic E-state index is 12.3. The molecule has 1 amide bonds. The number of nitriles is 1. The highest BCUT2D eigenvalue weighted by Gasteiger charge is 2.12. The third-order valence-electron chi connectivity index (χ3n) is 3.37. The van der Waals surface area contributed by atoms with E-state index in [1.165, 1.54) is 19.3 Å². The Balaban J connectivity index is 2.22. The molecule has 0 bridgehead atoms. The molecule has 0 radical (unpaired) electrons. The van der Waals surface area contributed by atoms with Gasteiger partial charge in [-0.15, -0.1) is 0 Å². The van der Waals surface area contributed by atoms with Gasteiger partial charge in [-0.3, -0.25) is 4.79 Å². The Morgan fingerprint density at radius 2 is 2.04 bits per heavy atom. The number of ether oxygens (including phenoxy) is 2. The second-order valence-corrected chi connectivity index (χ2v) is 5.99. The summed E-state index contributed by atoms with van der Waals surface area (Å²) in [4.78, 5) is 12.3. The monoisotopic (exact) mass is 416 g/mol. The molecule has 0 unspecified atom stereocenters. The van der Waals surface area contributed by atoms with Gasteiger partial charge in [0.2, 0.25) is 0 Å². The average Bonchev–Trinajstić information content (AvgIpc) is 2.64. The number of carbonyl (C=O) groups is 1. The molecule has 0 heterocycles. The molecule has 0 saturated carbocycles. The zero-order valence-corrected chi connectivity index (χ0v) is 15.8. The van der Waals surface area contributed by atoms with Gasteiger partial charge in [-0.05, 0) is 70.9 Å². The second kappa shape index (κ2) is 8.92. The van der Waals surface area contributed by atoms with Crippen molar-refractivity contribution in [3.8, 4) is 23.3 Å².